The Morgan fingerprint density at radius 3 is 2.61 bits per heavy atom. The van der Waals surface area contributed by atoms with E-state index in [0.717, 1.165) is 6.42 Å². The highest BCUT2D eigenvalue weighted by atomic mass is 19.3. The Morgan fingerprint density at radius 2 is 2.06 bits per heavy atom. The molecule has 0 aliphatic rings. The summed E-state index contributed by atoms with van der Waals surface area (Å²) in [5, 5.41) is 2.72. The van der Waals surface area contributed by atoms with Crippen molar-refractivity contribution in [1.82, 2.24) is 5.32 Å². The third-order valence-electron chi connectivity index (χ3n) is 2.66. The monoisotopic (exact) mass is 261 g/mol. The predicted molar refractivity (Wildman–Crippen MR) is 64.7 cm³/mol. The average Bonchev–Trinajstić information content (AvgIpc) is 2.36. The fourth-order valence-corrected chi connectivity index (χ4v) is 1.69. The second kappa shape index (κ2) is 7.26. The van der Waals surface area contributed by atoms with Gasteiger partial charge in [0.1, 0.15) is 0 Å². The molecule has 0 fully saturated rings. The van der Waals surface area contributed by atoms with Gasteiger partial charge in [0, 0.05) is 0 Å². The molecule has 1 unspecified atom stereocenters. The molecule has 0 bridgehead atoms. The quantitative estimate of drug-likeness (QED) is 0.814. The summed E-state index contributed by atoms with van der Waals surface area (Å²) < 4.78 is 44.3. The van der Waals surface area contributed by atoms with E-state index in [1.54, 1.807) is 6.07 Å². The molecular weight excluding hydrogens is 243 g/mol. The maximum absolute atomic E-state index is 13.8. The van der Waals surface area contributed by atoms with Gasteiger partial charge in [-0.1, -0.05) is 19.1 Å². The van der Waals surface area contributed by atoms with Crippen molar-refractivity contribution in [3.8, 4) is 5.75 Å². The van der Waals surface area contributed by atoms with E-state index in [0.29, 0.717) is 6.54 Å². The van der Waals surface area contributed by atoms with Crippen LogP contribution < -0.4 is 10.1 Å². The van der Waals surface area contributed by atoms with Gasteiger partial charge in [-0.3, -0.25) is 0 Å². The Kier molecular flexibility index (Phi) is 5.98. The standard InChI is InChI=1S/C13H18F3NO/c1-3-7-17-10(13(15)16)8-9-5-4-6-11(18-2)12(9)14/h4-6,10,13,17H,3,7-8H2,1-2H3. The summed E-state index contributed by atoms with van der Waals surface area (Å²) >= 11 is 0. The molecule has 1 atom stereocenters. The highest BCUT2D eigenvalue weighted by Crippen LogP contribution is 2.22. The van der Waals surface area contributed by atoms with Crippen LogP contribution in [0.4, 0.5) is 13.2 Å². The third kappa shape index (κ3) is 3.91. The molecule has 0 amide bonds. The van der Waals surface area contributed by atoms with Crippen molar-refractivity contribution in [2.45, 2.75) is 32.2 Å². The second-order valence-electron chi connectivity index (χ2n) is 4.03. The summed E-state index contributed by atoms with van der Waals surface area (Å²) in [6, 6.07) is 3.53. The zero-order valence-electron chi connectivity index (χ0n) is 10.6. The first-order chi connectivity index (χ1) is 8.60. The topological polar surface area (TPSA) is 21.3 Å². The zero-order chi connectivity index (χ0) is 13.5. The van der Waals surface area contributed by atoms with E-state index in [4.69, 9.17) is 4.74 Å². The van der Waals surface area contributed by atoms with Crippen LogP contribution in [0.5, 0.6) is 5.75 Å². The molecule has 102 valence electrons. The molecule has 1 rings (SSSR count). The average molecular weight is 261 g/mol. The fraction of sp³-hybridized carbons (Fsp3) is 0.538. The molecule has 0 radical (unpaired) electrons. The molecule has 0 saturated carbocycles. The highest BCUT2D eigenvalue weighted by molar-refractivity contribution is 5.31. The molecule has 0 aliphatic carbocycles. The van der Waals surface area contributed by atoms with Gasteiger partial charge < -0.3 is 10.1 Å². The first-order valence-electron chi connectivity index (χ1n) is 5.93. The van der Waals surface area contributed by atoms with Gasteiger partial charge in [-0.15, -0.1) is 0 Å². The van der Waals surface area contributed by atoms with Crippen molar-refractivity contribution in [2.24, 2.45) is 0 Å². The van der Waals surface area contributed by atoms with Gasteiger partial charge >= 0.3 is 0 Å². The summed E-state index contributed by atoms with van der Waals surface area (Å²) in [6.45, 7) is 2.38. The molecule has 1 aromatic rings. The summed E-state index contributed by atoms with van der Waals surface area (Å²) in [4.78, 5) is 0. The van der Waals surface area contributed by atoms with Gasteiger partial charge in [-0.05, 0) is 31.0 Å². The Balaban J connectivity index is 2.80. The number of hydrogen-bond donors (Lipinski definition) is 1. The predicted octanol–water partition coefficient (Wildman–Crippen LogP) is 3.01. The Labute approximate surface area is 105 Å². The second-order valence-corrected chi connectivity index (χ2v) is 4.03. The van der Waals surface area contributed by atoms with E-state index in [1.165, 1.54) is 19.2 Å². The molecule has 0 aliphatic heterocycles. The van der Waals surface area contributed by atoms with Gasteiger partial charge in [0.25, 0.3) is 6.43 Å². The minimum absolute atomic E-state index is 0.0549. The summed E-state index contributed by atoms with van der Waals surface area (Å²) in [5.74, 6) is -0.486. The lowest BCUT2D eigenvalue weighted by atomic mass is 10.0. The molecule has 2 nitrogen and oxygen atoms in total. The first kappa shape index (κ1) is 14.8. The van der Waals surface area contributed by atoms with Crippen molar-refractivity contribution in [1.29, 1.82) is 0 Å². The number of nitrogens with one attached hydrogen (secondary N) is 1. The van der Waals surface area contributed by atoms with Crippen molar-refractivity contribution in [2.75, 3.05) is 13.7 Å². The van der Waals surface area contributed by atoms with E-state index < -0.39 is 18.3 Å². The molecule has 1 aromatic carbocycles. The van der Waals surface area contributed by atoms with Crippen LogP contribution in [0.3, 0.4) is 0 Å². The number of rotatable bonds is 7. The number of methoxy groups -OCH3 is 1. The lowest BCUT2D eigenvalue weighted by Gasteiger charge is -2.18. The third-order valence-corrected chi connectivity index (χ3v) is 2.66. The molecule has 0 heterocycles. The maximum Gasteiger partial charge on any atom is 0.254 e. The molecule has 1 N–H and O–H groups in total. The number of alkyl halides is 2. The Morgan fingerprint density at radius 1 is 1.33 bits per heavy atom. The van der Waals surface area contributed by atoms with Crippen molar-refractivity contribution in [3.05, 3.63) is 29.6 Å². The lowest BCUT2D eigenvalue weighted by Crippen LogP contribution is -2.38. The summed E-state index contributed by atoms with van der Waals surface area (Å²) in [6.07, 6.45) is -1.83. The number of hydrogen-bond acceptors (Lipinski definition) is 2. The maximum atomic E-state index is 13.8. The van der Waals surface area contributed by atoms with Crippen LogP contribution in [0.25, 0.3) is 0 Å². The van der Waals surface area contributed by atoms with Crippen LogP contribution in [-0.4, -0.2) is 26.1 Å². The van der Waals surface area contributed by atoms with Crippen LogP contribution in [0, 0.1) is 5.82 Å². The largest absolute Gasteiger partial charge is 0.494 e. The summed E-state index contributed by atoms with van der Waals surface area (Å²) in [7, 11) is 1.35. The van der Waals surface area contributed by atoms with Crippen molar-refractivity contribution >= 4 is 0 Å². The molecule has 0 spiro atoms. The van der Waals surface area contributed by atoms with E-state index in [9.17, 15) is 13.2 Å². The van der Waals surface area contributed by atoms with Crippen LogP contribution in [0.1, 0.15) is 18.9 Å². The zero-order valence-corrected chi connectivity index (χ0v) is 10.6. The molecule has 18 heavy (non-hydrogen) atoms. The minimum atomic E-state index is -2.53. The lowest BCUT2D eigenvalue weighted by molar-refractivity contribution is 0.0978. The van der Waals surface area contributed by atoms with Gasteiger partial charge in [0.05, 0.1) is 13.2 Å². The normalized spacial score (nSPS) is 12.8. The summed E-state index contributed by atoms with van der Waals surface area (Å²) in [5.41, 5.74) is 0.239. The Bertz CT molecular complexity index is 371. The van der Waals surface area contributed by atoms with Crippen molar-refractivity contribution < 1.29 is 17.9 Å². The van der Waals surface area contributed by atoms with E-state index in [2.05, 4.69) is 5.32 Å². The smallest absolute Gasteiger partial charge is 0.254 e. The first-order valence-corrected chi connectivity index (χ1v) is 5.93. The fourth-order valence-electron chi connectivity index (χ4n) is 1.69. The van der Waals surface area contributed by atoms with Gasteiger partial charge in [-0.25, -0.2) is 13.2 Å². The Hall–Kier alpha value is -1.23. The molecule has 0 aromatic heterocycles. The van der Waals surface area contributed by atoms with Crippen LogP contribution in [0.15, 0.2) is 18.2 Å². The van der Waals surface area contributed by atoms with Crippen LogP contribution in [0.2, 0.25) is 0 Å². The number of ether oxygens (including phenoxy) is 1. The van der Waals surface area contributed by atoms with E-state index >= 15 is 0 Å². The molecular formula is C13H18F3NO. The molecule has 0 saturated heterocycles. The van der Waals surface area contributed by atoms with Gasteiger partial charge in [-0.2, -0.15) is 0 Å². The van der Waals surface area contributed by atoms with E-state index in [-0.39, 0.29) is 17.7 Å². The van der Waals surface area contributed by atoms with Crippen LogP contribution in [-0.2, 0) is 6.42 Å². The minimum Gasteiger partial charge on any atom is -0.494 e. The number of halogens is 3. The highest BCUT2D eigenvalue weighted by Gasteiger charge is 2.22. The SMILES string of the molecule is CCCNC(Cc1cccc(OC)c1F)C(F)F. The van der Waals surface area contributed by atoms with E-state index in [1.807, 2.05) is 6.92 Å². The number of benzene rings is 1. The van der Waals surface area contributed by atoms with Gasteiger partial charge in [0.2, 0.25) is 0 Å². The van der Waals surface area contributed by atoms with Gasteiger partial charge in [0.15, 0.2) is 11.6 Å². The molecule has 5 heteroatoms. The van der Waals surface area contributed by atoms with Crippen molar-refractivity contribution in [3.63, 3.8) is 0 Å². The van der Waals surface area contributed by atoms with Crippen LogP contribution >= 0.6 is 0 Å².